The normalized spacial score (nSPS) is 53.1. The van der Waals surface area contributed by atoms with Crippen LogP contribution >= 0.6 is 0 Å². The molecule has 29 heavy (non-hydrogen) atoms. The van der Waals surface area contributed by atoms with Gasteiger partial charge in [-0.25, -0.2) is 0 Å². The standard InChI is InChI=1S/C27H46O2/c1-25(29)15-16-27(3)20(17-25)9-11-21-22-12-10-19(26(22,2)14-13-23(21)27)5-4-6-24(28)18-7-8-18/h18-24,28-29H,4-17H2,1-3H3/t19-,20?,21?,22?,23?,24?,25-,26+,27?/m0/s1. The van der Waals surface area contributed by atoms with E-state index in [0.717, 1.165) is 48.9 Å². The van der Waals surface area contributed by atoms with Crippen LogP contribution in [0.2, 0.25) is 0 Å². The second-order valence-corrected chi connectivity index (χ2v) is 13.0. The van der Waals surface area contributed by atoms with Crippen molar-refractivity contribution in [1.82, 2.24) is 0 Å². The quantitative estimate of drug-likeness (QED) is 0.563. The maximum atomic E-state index is 10.7. The zero-order chi connectivity index (χ0) is 20.4. The van der Waals surface area contributed by atoms with Gasteiger partial charge in [-0.15, -0.1) is 0 Å². The van der Waals surface area contributed by atoms with Crippen molar-refractivity contribution in [2.75, 3.05) is 0 Å². The molecule has 0 radical (unpaired) electrons. The lowest BCUT2D eigenvalue weighted by atomic mass is 9.44. The third-order valence-corrected chi connectivity index (χ3v) is 11.4. The fourth-order valence-electron chi connectivity index (χ4n) is 9.30. The predicted octanol–water partition coefficient (Wildman–Crippen LogP) is 6.34. The second-order valence-electron chi connectivity index (χ2n) is 13.0. The van der Waals surface area contributed by atoms with Gasteiger partial charge in [0, 0.05) is 0 Å². The summed E-state index contributed by atoms with van der Waals surface area (Å²) < 4.78 is 0. The first-order valence-corrected chi connectivity index (χ1v) is 13.1. The molecular weight excluding hydrogens is 356 g/mol. The smallest absolute Gasteiger partial charge is 0.0622 e. The van der Waals surface area contributed by atoms with E-state index in [0.29, 0.717) is 16.7 Å². The Morgan fingerprint density at radius 3 is 2.34 bits per heavy atom. The van der Waals surface area contributed by atoms with Gasteiger partial charge in [0.15, 0.2) is 0 Å². The van der Waals surface area contributed by atoms with Crippen LogP contribution in [0.1, 0.15) is 111 Å². The Labute approximate surface area is 179 Å². The molecule has 5 aliphatic carbocycles. The molecule has 0 aromatic carbocycles. The SMILES string of the molecule is CC12CC[C@](C)(O)CC1CCC1C2CC[C@@]2(C)C1CC[C@@H]2CCCC(O)C1CC1. The Bertz CT molecular complexity index is 610. The zero-order valence-electron chi connectivity index (χ0n) is 19.3. The molecule has 5 fully saturated rings. The molecule has 0 spiro atoms. The van der Waals surface area contributed by atoms with E-state index < -0.39 is 5.60 Å². The van der Waals surface area contributed by atoms with Crippen LogP contribution in [-0.2, 0) is 0 Å². The van der Waals surface area contributed by atoms with Crippen molar-refractivity contribution in [3.05, 3.63) is 0 Å². The molecule has 5 rings (SSSR count). The lowest BCUT2D eigenvalue weighted by Crippen LogP contribution is -2.55. The first-order chi connectivity index (χ1) is 13.7. The molecule has 0 heterocycles. The summed E-state index contributed by atoms with van der Waals surface area (Å²) in [4.78, 5) is 0. The molecule has 0 amide bonds. The lowest BCUT2D eigenvalue weighted by molar-refractivity contribution is -0.146. The third kappa shape index (κ3) is 3.53. The van der Waals surface area contributed by atoms with E-state index in [1.807, 2.05) is 0 Å². The summed E-state index contributed by atoms with van der Waals surface area (Å²) in [7, 11) is 0. The van der Waals surface area contributed by atoms with E-state index in [2.05, 4.69) is 20.8 Å². The van der Waals surface area contributed by atoms with Crippen LogP contribution in [0.15, 0.2) is 0 Å². The molecule has 2 heteroatoms. The van der Waals surface area contributed by atoms with E-state index in [-0.39, 0.29) is 6.10 Å². The van der Waals surface area contributed by atoms with Gasteiger partial charge in [0.25, 0.3) is 0 Å². The molecule has 6 unspecified atom stereocenters. The van der Waals surface area contributed by atoms with Crippen molar-refractivity contribution in [3.8, 4) is 0 Å². The minimum atomic E-state index is -0.413. The molecule has 2 N–H and O–H groups in total. The Hall–Kier alpha value is -0.0800. The highest BCUT2D eigenvalue weighted by Crippen LogP contribution is 2.68. The van der Waals surface area contributed by atoms with Crippen LogP contribution in [0.4, 0.5) is 0 Å². The maximum absolute atomic E-state index is 10.7. The summed E-state index contributed by atoms with van der Waals surface area (Å²) in [5.41, 5.74) is 0.637. The zero-order valence-corrected chi connectivity index (χ0v) is 19.3. The van der Waals surface area contributed by atoms with Crippen LogP contribution in [0.25, 0.3) is 0 Å². The van der Waals surface area contributed by atoms with Gasteiger partial charge in [-0.1, -0.05) is 20.3 Å². The van der Waals surface area contributed by atoms with Gasteiger partial charge < -0.3 is 10.2 Å². The van der Waals surface area contributed by atoms with Crippen LogP contribution in [0.5, 0.6) is 0 Å². The van der Waals surface area contributed by atoms with Crippen molar-refractivity contribution in [2.45, 2.75) is 122 Å². The number of fused-ring (bicyclic) bond motifs is 5. The summed E-state index contributed by atoms with van der Waals surface area (Å²) in [5, 5.41) is 21.0. The van der Waals surface area contributed by atoms with Crippen LogP contribution in [-0.4, -0.2) is 21.9 Å². The van der Waals surface area contributed by atoms with E-state index >= 15 is 0 Å². The Morgan fingerprint density at radius 1 is 0.828 bits per heavy atom. The molecule has 166 valence electrons. The van der Waals surface area contributed by atoms with Crippen molar-refractivity contribution in [2.24, 2.45) is 46.3 Å². The molecule has 5 aliphatic rings. The minimum absolute atomic E-state index is 0.00511. The molecule has 0 aromatic heterocycles. The van der Waals surface area contributed by atoms with Gasteiger partial charge in [0.2, 0.25) is 0 Å². The Morgan fingerprint density at radius 2 is 1.59 bits per heavy atom. The van der Waals surface area contributed by atoms with E-state index in [4.69, 9.17) is 0 Å². The van der Waals surface area contributed by atoms with Gasteiger partial charge in [0.1, 0.15) is 0 Å². The van der Waals surface area contributed by atoms with Crippen LogP contribution in [0.3, 0.4) is 0 Å². The Kier molecular flexibility index (Phi) is 5.18. The molecule has 9 atom stereocenters. The average Bonchev–Trinajstić information content (AvgIpc) is 3.46. The number of aliphatic hydroxyl groups excluding tert-OH is 1. The predicted molar refractivity (Wildman–Crippen MR) is 118 cm³/mol. The molecule has 0 aromatic rings. The largest absolute Gasteiger partial charge is 0.393 e. The van der Waals surface area contributed by atoms with E-state index in [1.54, 1.807) is 0 Å². The topological polar surface area (TPSA) is 40.5 Å². The summed E-state index contributed by atoms with van der Waals surface area (Å²) in [6.07, 6.45) is 18.0. The Balaban J connectivity index is 1.25. The van der Waals surface area contributed by atoms with Crippen molar-refractivity contribution >= 4 is 0 Å². The molecule has 0 saturated heterocycles. The summed E-state index contributed by atoms with van der Waals surface area (Å²) in [6.45, 7) is 7.35. The molecule has 2 nitrogen and oxygen atoms in total. The highest BCUT2D eigenvalue weighted by Gasteiger charge is 2.60. The summed E-state index contributed by atoms with van der Waals surface area (Å²) in [5.74, 6) is 5.09. The number of hydrogen-bond acceptors (Lipinski definition) is 2. The van der Waals surface area contributed by atoms with E-state index in [9.17, 15) is 10.2 Å². The van der Waals surface area contributed by atoms with Gasteiger partial charge in [-0.3, -0.25) is 0 Å². The number of aliphatic hydroxyl groups is 2. The fraction of sp³-hybridized carbons (Fsp3) is 1.00. The van der Waals surface area contributed by atoms with Gasteiger partial charge in [-0.05, 0) is 137 Å². The number of rotatable bonds is 5. The second kappa shape index (κ2) is 7.22. The summed E-state index contributed by atoms with van der Waals surface area (Å²) >= 11 is 0. The number of hydrogen-bond donors (Lipinski definition) is 2. The lowest BCUT2D eigenvalue weighted by Gasteiger charge is -2.62. The van der Waals surface area contributed by atoms with Gasteiger partial charge in [0.05, 0.1) is 11.7 Å². The van der Waals surface area contributed by atoms with Gasteiger partial charge >= 0.3 is 0 Å². The fourth-order valence-corrected chi connectivity index (χ4v) is 9.30. The average molecular weight is 403 g/mol. The van der Waals surface area contributed by atoms with E-state index in [1.165, 1.54) is 70.6 Å². The van der Waals surface area contributed by atoms with Crippen molar-refractivity contribution < 1.29 is 10.2 Å². The highest BCUT2D eigenvalue weighted by molar-refractivity contribution is 5.10. The van der Waals surface area contributed by atoms with Crippen LogP contribution < -0.4 is 0 Å². The maximum Gasteiger partial charge on any atom is 0.0622 e. The molecule has 5 saturated carbocycles. The third-order valence-electron chi connectivity index (χ3n) is 11.4. The van der Waals surface area contributed by atoms with Gasteiger partial charge in [-0.2, -0.15) is 0 Å². The van der Waals surface area contributed by atoms with Crippen molar-refractivity contribution in [3.63, 3.8) is 0 Å². The molecule has 0 bridgehead atoms. The van der Waals surface area contributed by atoms with Crippen LogP contribution in [0, 0.1) is 46.3 Å². The van der Waals surface area contributed by atoms with Crippen molar-refractivity contribution in [1.29, 1.82) is 0 Å². The molecule has 0 aliphatic heterocycles. The molecular formula is C27H46O2. The first-order valence-electron chi connectivity index (χ1n) is 13.1. The summed E-state index contributed by atoms with van der Waals surface area (Å²) in [6, 6.07) is 0. The monoisotopic (exact) mass is 402 g/mol. The minimum Gasteiger partial charge on any atom is -0.393 e. The first kappa shape index (κ1) is 20.8. The highest BCUT2D eigenvalue weighted by atomic mass is 16.3.